The zero-order valence-electron chi connectivity index (χ0n) is 14.4. The van der Waals surface area contributed by atoms with Gasteiger partial charge in [0.2, 0.25) is 0 Å². The van der Waals surface area contributed by atoms with Gasteiger partial charge in [-0.3, -0.25) is 14.4 Å². The molecule has 0 fully saturated rings. The summed E-state index contributed by atoms with van der Waals surface area (Å²) >= 11 is 0. The van der Waals surface area contributed by atoms with Crippen LogP contribution in [0.25, 0.3) is 0 Å². The number of ether oxygens (including phenoxy) is 3. The van der Waals surface area contributed by atoms with Crippen LogP contribution < -0.4 is 14.8 Å². The van der Waals surface area contributed by atoms with Crippen LogP contribution in [0, 0.1) is 0 Å². The highest BCUT2D eigenvalue weighted by atomic mass is 16.5. The van der Waals surface area contributed by atoms with E-state index in [0.717, 1.165) is 0 Å². The van der Waals surface area contributed by atoms with Crippen LogP contribution in [0.2, 0.25) is 0 Å². The molecule has 0 heterocycles. The van der Waals surface area contributed by atoms with E-state index >= 15 is 0 Å². The maximum Gasteiger partial charge on any atom is 0.326 e. The molecule has 8 nitrogen and oxygen atoms in total. The van der Waals surface area contributed by atoms with Crippen molar-refractivity contribution in [2.75, 3.05) is 34.9 Å². The predicted octanol–water partition coefficient (Wildman–Crippen LogP) is 0.454. The van der Waals surface area contributed by atoms with Crippen molar-refractivity contribution in [2.24, 2.45) is 0 Å². The van der Waals surface area contributed by atoms with Crippen LogP contribution in [0.1, 0.15) is 17.3 Å². The second-order valence-electron chi connectivity index (χ2n) is 5.15. The molecule has 8 heteroatoms. The first-order chi connectivity index (χ1) is 11.3. The lowest BCUT2D eigenvalue weighted by atomic mass is 10.2. The summed E-state index contributed by atoms with van der Waals surface area (Å²) in [6, 6.07) is 4.66. The average molecular weight is 338 g/mol. The molecule has 1 atom stereocenters. The number of hydrogen-bond donors (Lipinski definition) is 1. The van der Waals surface area contributed by atoms with E-state index in [0.29, 0.717) is 11.5 Å². The minimum Gasteiger partial charge on any atom is -0.497 e. The van der Waals surface area contributed by atoms with Crippen LogP contribution in [0.4, 0.5) is 0 Å². The summed E-state index contributed by atoms with van der Waals surface area (Å²) in [6.45, 7) is 1.11. The lowest BCUT2D eigenvalue weighted by Gasteiger charge is -2.17. The number of methoxy groups -OCH3 is 2. The van der Waals surface area contributed by atoms with Gasteiger partial charge in [0.15, 0.2) is 6.10 Å². The van der Waals surface area contributed by atoms with E-state index in [4.69, 9.17) is 14.2 Å². The molecule has 0 bridgehead atoms. The van der Waals surface area contributed by atoms with Crippen LogP contribution in [0.5, 0.6) is 11.5 Å². The van der Waals surface area contributed by atoms with Gasteiger partial charge in [-0.1, -0.05) is 0 Å². The van der Waals surface area contributed by atoms with Crippen molar-refractivity contribution >= 4 is 17.8 Å². The number of likely N-dealkylation sites (N-methyl/N-ethyl adjacent to an activating group) is 1. The standard InChI is InChI=1S/C16H22N2O6/c1-10(16(21)18(2)3)24-14(19)9-17-15(20)11-6-12(22-4)8-13(7-11)23-5/h6-8,10H,9H2,1-5H3,(H,17,20)/t10-/m1/s1. The first-order valence-electron chi connectivity index (χ1n) is 7.20. The number of amides is 2. The van der Waals surface area contributed by atoms with Crippen LogP contribution >= 0.6 is 0 Å². The van der Waals surface area contributed by atoms with Gasteiger partial charge in [-0.2, -0.15) is 0 Å². The molecular formula is C16H22N2O6. The minimum atomic E-state index is -0.915. The number of carbonyl (C=O) groups is 3. The molecular weight excluding hydrogens is 316 g/mol. The first-order valence-corrected chi connectivity index (χ1v) is 7.20. The van der Waals surface area contributed by atoms with Gasteiger partial charge in [0.25, 0.3) is 11.8 Å². The zero-order chi connectivity index (χ0) is 18.3. The van der Waals surface area contributed by atoms with Crippen LogP contribution in [0.15, 0.2) is 18.2 Å². The molecule has 132 valence electrons. The number of rotatable bonds is 7. The number of nitrogens with zero attached hydrogens (tertiary/aromatic N) is 1. The van der Waals surface area contributed by atoms with Crippen LogP contribution in [-0.2, 0) is 14.3 Å². The summed E-state index contributed by atoms with van der Waals surface area (Å²) in [6.07, 6.45) is -0.915. The maximum atomic E-state index is 12.1. The Balaban J connectivity index is 2.63. The molecule has 1 rings (SSSR count). The Morgan fingerprint density at radius 3 is 2.08 bits per heavy atom. The minimum absolute atomic E-state index is 0.274. The Bertz CT molecular complexity index is 592. The molecule has 0 aliphatic carbocycles. The highest BCUT2D eigenvalue weighted by molar-refractivity contribution is 5.96. The molecule has 1 aromatic rings. The Labute approximate surface area is 140 Å². The molecule has 0 aromatic heterocycles. The predicted molar refractivity (Wildman–Crippen MR) is 86.1 cm³/mol. The molecule has 0 spiro atoms. The van der Waals surface area contributed by atoms with Crippen molar-refractivity contribution in [3.05, 3.63) is 23.8 Å². The second-order valence-corrected chi connectivity index (χ2v) is 5.15. The smallest absolute Gasteiger partial charge is 0.326 e. The van der Waals surface area contributed by atoms with E-state index in [2.05, 4.69) is 5.32 Å². The Morgan fingerprint density at radius 2 is 1.62 bits per heavy atom. The average Bonchev–Trinajstić information content (AvgIpc) is 2.57. The fraction of sp³-hybridized carbons (Fsp3) is 0.438. The third-order valence-electron chi connectivity index (χ3n) is 3.10. The van der Waals surface area contributed by atoms with Crippen molar-refractivity contribution in [3.8, 4) is 11.5 Å². The van der Waals surface area contributed by atoms with Crippen molar-refractivity contribution < 1.29 is 28.6 Å². The topological polar surface area (TPSA) is 94.2 Å². The second kappa shape index (κ2) is 8.76. The SMILES string of the molecule is COc1cc(OC)cc(C(=O)NCC(=O)O[C@H](C)C(=O)N(C)C)c1. The Hall–Kier alpha value is -2.77. The number of esters is 1. The van der Waals surface area contributed by atoms with E-state index in [1.807, 2.05) is 0 Å². The summed E-state index contributed by atoms with van der Waals surface area (Å²) in [5.74, 6) is -0.636. The van der Waals surface area contributed by atoms with Crippen molar-refractivity contribution in [1.82, 2.24) is 10.2 Å². The number of carbonyl (C=O) groups excluding carboxylic acids is 3. The van der Waals surface area contributed by atoms with Gasteiger partial charge in [-0.05, 0) is 19.1 Å². The van der Waals surface area contributed by atoms with Gasteiger partial charge in [0, 0.05) is 25.7 Å². The van der Waals surface area contributed by atoms with Gasteiger partial charge in [0.05, 0.1) is 14.2 Å². The quantitative estimate of drug-likeness (QED) is 0.726. The molecule has 1 N–H and O–H groups in total. The lowest BCUT2D eigenvalue weighted by molar-refractivity contribution is -0.157. The molecule has 0 radical (unpaired) electrons. The van der Waals surface area contributed by atoms with Crippen molar-refractivity contribution in [1.29, 1.82) is 0 Å². The fourth-order valence-electron chi connectivity index (χ4n) is 1.85. The van der Waals surface area contributed by atoms with Gasteiger partial charge >= 0.3 is 5.97 Å². The first kappa shape index (κ1) is 19.3. The Morgan fingerprint density at radius 1 is 1.08 bits per heavy atom. The molecule has 0 unspecified atom stereocenters. The van der Waals surface area contributed by atoms with E-state index in [-0.39, 0.29) is 18.0 Å². The number of nitrogens with one attached hydrogen (secondary N) is 1. The highest BCUT2D eigenvalue weighted by Gasteiger charge is 2.20. The van der Waals surface area contributed by atoms with Crippen LogP contribution in [-0.4, -0.2) is 63.6 Å². The molecule has 2 amide bonds. The monoisotopic (exact) mass is 338 g/mol. The number of benzene rings is 1. The lowest BCUT2D eigenvalue weighted by Crippen LogP contribution is -2.38. The third-order valence-corrected chi connectivity index (χ3v) is 3.10. The largest absolute Gasteiger partial charge is 0.497 e. The van der Waals surface area contributed by atoms with Crippen LogP contribution in [0.3, 0.4) is 0 Å². The maximum absolute atomic E-state index is 12.1. The molecule has 0 saturated carbocycles. The van der Waals surface area contributed by atoms with E-state index in [1.54, 1.807) is 20.2 Å². The normalized spacial score (nSPS) is 11.2. The van der Waals surface area contributed by atoms with Crippen molar-refractivity contribution in [2.45, 2.75) is 13.0 Å². The summed E-state index contributed by atoms with van der Waals surface area (Å²) in [5.41, 5.74) is 0.274. The van der Waals surface area contributed by atoms with Gasteiger partial charge in [-0.15, -0.1) is 0 Å². The fourth-order valence-corrected chi connectivity index (χ4v) is 1.85. The molecule has 0 saturated heterocycles. The van der Waals surface area contributed by atoms with E-state index in [1.165, 1.54) is 38.2 Å². The molecule has 0 aliphatic heterocycles. The van der Waals surface area contributed by atoms with Crippen molar-refractivity contribution in [3.63, 3.8) is 0 Å². The Kier molecular flexibility index (Phi) is 7.03. The molecule has 1 aromatic carbocycles. The summed E-state index contributed by atoms with van der Waals surface area (Å²) in [7, 11) is 6.06. The van der Waals surface area contributed by atoms with Gasteiger partial charge < -0.3 is 24.4 Å². The van der Waals surface area contributed by atoms with Gasteiger partial charge in [0.1, 0.15) is 18.0 Å². The summed E-state index contributed by atoms with van der Waals surface area (Å²) in [5, 5.41) is 2.43. The zero-order valence-corrected chi connectivity index (χ0v) is 14.4. The molecule has 24 heavy (non-hydrogen) atoms. The van der Waals surface area contributed by atoms with E-state index in [9.17, 15) is 14.4 Å². The van der Waals surface area contributed by atoms with Gasteiger partial charge in [-0.25, -0.2) is 0 Å². The summed E-state index contributed by atoms with van der Waals surface area (Å²) in [4.78, 5) is 36.7. The molecule has 0 aliphatic rings. The number of hydrogen-bond acceptors (Lipinski definition) is 6. The third kappa shape index (κ3) is 5.45. The summed E-state index contributed by atoms with van der Waals surface area (Å²) < 4.78 is 15.1. The highest BCUT2D eigenvalue weighted by Crippen LogP contribution is 2.22. The van der Waals surface area contributed by atoms with E-state index < -0.39 is 18.0 Å².